The van der Waals surface area contributed by atoms with Crippen LogP contribution < -0.4 is 20.1 Å². The van der Waals surface area contributed by atoms with Gasteiger partial charge in [0.25, 0.3) is 0 Å². The third kappa shape index (κ3) is 7.41. The lowest BCUT2D eigenvalue weighted by Gasteiger charge is -2.33. The van der Waals surface area contributed by atoms with Gasteiger partial charge in [-0.1, -0.05) is 126 Å². The van der Waals surface area contributed by atoms with Gasteiger partial charge in [0.1, 0.15) is 17.0 Å². The number of aromatic nitrogens is 1. The van der Waals surface area contributed by atoms with E-state index in [1.165, 1.54) is 5.56 Å². The Labute approximate surface area is 323 Å². The average Bonchev–Trinajstić information content (AvgIpc) is 3.18. The van der Waals surface area contributed by atoms with E-state index in [4.69, 9.17) is 14.5 Å². The second kappa shape index (κ2) is 14.4. The maximum Gasteiger partial charge on any atom is 0.196 e. The minimum Gasteiger partial charge on any atom is -0.473 e. The number of nitrogens with one attached hydrogen (secondary N) is 2. The Hall–Kier alpha value is -6.40. The quantitative estimate of drug-likeness (QED) is 0.129. The van der Waals surface area contributed by atoms with E-state index in [9.17, 15) is 4.79 Å². The molecule has 6 aromatic carbocycles. The van der Waals surface area contributed by atoms with Gasteiger partial charge >= 0.3 is 0 Å². The molecular weight excluding hydrogens is 679 g/mol. The standard InChI is InChI=1S/C49H45N3O3/c1-48(2,3)30-49(4,5)32-24-26-35(27-25-32)55-43-29-42(51-33-16-8-6-9-17-33)45-44-39(36-20-12-13-21-37(36)47(45)53)28-41(52-46(43)44)38-22-14-15-23-40(38)50-31-54-34-18-10-7-11-19-34/h6-29,50-51H,30-31H2,1-5H3. The van der Waals surface area contributed by atoms with Gasteiger partial charge in [0.15, 0.2) is 18.3 Å². The van der Waals surface area contributed by atoms with Crippen molar-refractivity contribution in [2.75, 3.05) is 17.4 Å². The zero-order valence-electron chi connectivity index (χ0n) is 31.9. The van der Waals surface area contributed by atoms with Crippen molar-refractivity contribution in [3.63, 3.8) is 0 Å². The predicted octanol–water partition coefficient (Wildman–Crippen LogP) is 12.8. The molecule has 55 heavy (non-hydrogen) atoms. The second-order valence-electron chi connectivity index (χ2n) is 16.0. The van der Waals surface area contributed by atoms with Crippen LogP contribution in [0.3, 0.4) is 0 Å². The van der Waals surface area contributed by atoms with Gasteiger partial charge in [-0.3, -0.25) is 4.79 Å². The van der Waals surface area contributed by atoms with E-state index in [1.807, 2.05) is 121 Å². The minimum absolute atomic E-state index is 0.0123. The predicted molar refractivity (Wildman–Crippen MR) is 225 cm³/mol. The van der Waals surface area contributed by atoms with Crippen molar-refractivity contribution < 1.29 is 14.3 Å². The van der Waals surface area contributed by atoms with Gasteiger partial charge in [0, 0.05) is 34.0 Å². The molecule has 0 aliphatic heterocycles. The van der Waals surface area contributed by atoms with E-state index in [0.29, 0.717) is 33.8 Å². The lowest BCUT2D eigenvalue weighted by Crippen LogP contribution is -2.24. The molecule has 0 spiro atoms. The van der Waals surface area contributed by atoms with Crippen LogP contribution in [0.1, 0.15) is 62.5 Å². The summed E-state index contributed by atoms with van der Waals surface area (Å²) in [4.78, 5) is 19.9. The fourth-order valence-electron chi connectivity index (χ4n) is 7.98. The SMILES string of the molecule is CC(C)(C)CC(C)(C)c1ccc(Oc2cc(Nc3ccccc3)c3c4c(cc(-c5ccccc5NCOc5ccccc5)nc24)-c2ccccc2C3=O)cc1. The molecule has 6 heteroatoms. The summed E-state index contributed by atoms with van der Waals surface area (Å²) in [6.45, 7) is 11.7. The van der Waals surface area contributed by atoms with E-state index in [0.717, 1.165) is 51.3 Å². The third-order valence-corrected chi connectivity index (χ3v) is 10.1. The summed E-state index contributed by atoms with van der Waals surface area (Å²) in [6, 6.07) is 47.9. The van der Waals surface area contributed by atoms with Crippen molar-refractivity contribution in [3.8, 4) is 39.6 Å². The topological polar surface area (TPSA) is 72.5 Å². The van der Waals surface area contributed by atoms with Crippen LogP contribution in [0.5, 0.6) is 17.2 Å². The summed E-state index contributed by atoms with van der Waals surface area (Å²) in [5, 5.41) is 7.77. The first-order valence-electron chi connectivity index (χ1n) is 18.8. The maximum absolute atomic E-state index is 14.5. The van der Waals surface area contributed by atoms with Crippen molar-refractivity contribution >= 4 is 33.7 Å². The highest BCUT2D eigenvalue weighted by Gasteiger charge is 2.32. The molecule has 0 unspecified atom stereocenters. The molecule has 0 saturated heterocycles. The van der Waals surface area contributed by atoms with Gasteiger partial charge in [-0.25, -0.2) is 4.98 Å². The molecule has 1 aliphatic rings. The van der Waals surface area contributed by atoms with Gasteiger partial charge in [0.2, 0.25) is 0 Å². The molecule has 6 nitrogen and oxygen atoms in total. The van der Waals surface area contributed by atoms with Crippen LogP contribution in [0.2, 0.25) is 0 Å². The summed E-state index contributed by atoms with van der Waals surface area (Å²) in [5.74, 6) is 1.96. The normalized spacial score (nSPS) is 12.3. The molecule has 0 bridgehead atoms. The Morgan fingerprint density at radius 1 is 0.618 bits per heavy atom. The van der Waals surface area contributed by atoms with Crippen LogP contribution in [0.25, 0.3) is 33.3 Å². The molecule has 0 saturated carbocycles. The van der Waals surface area contributed by atoms with Crippen LogP contribution in [-0.2, 0) is 5.41 Å². The lowest BCUT2D eigenvalue weighted by atomic mass is 9.72. The van der Waals surface area contributed by atoms with Gasteiger partial charge in [-0.05, 0) is 82.5 Å². The number of ketones is 1. The number of para-hydroxylation sites is 3. The van der Waals surface area contributed by atoms with E-state index >= 15 is 0 Å². The first-order valence-corrected chi connectivity index (χ1v) is 18.8. The molecular formula is C49H45N3O3. The Kier molecular flexibility index (Phi) is 9.35. The van der Waals surface area contributed by atoms with E-state index < -0.39 is 0 Å². The number of rotatable bonds is 11. The highest BCUT2D eigenvalue weighted by atomic mass is 16.5. The number of hydrogen-bond donors (Lipinski definition) is 2. The van der Waals surface area contributed by atoms with Crippen molar-refractivity contribution in [2.45, 2.75) is 46.5 Å². The fraction of sp³-hybridized carbons (Fsp3) is 0.184. The zero-order chi connectivity index (χ0) is 38.2. The molecule has 0 amide bonds. The Bertz CT molecular complexity index is 2500. The number of carbonyl (C=O) groups excluding carboxylic acids is 1. The maximum atomic E-state index is 14.5. The lowest BCUT2D eigenvalue weighted by molar-refractivity contribution is 0.104. The average molecular weight is 724 g/mol. The summed E-state index contributed by atoms with van der Waals surface area (Å²) in [6.07, 6.45) is 1.04. The van der Waals surface area contributed by atoms with E-state index in [1.54, 1.807) is 0 Å². The molecule has 0 atom stereocenters. The molecule has 2 N–H and O–H groups in total. The van der Waals surface area contributed by atoms with Crippen LogP contribution in [0, 0.1) is 5.41 Å². The zero-order valence-corrected chi connectivity index (χ0v) is 31.9. The van der Waals surface area contributed by atoms with Gasteiger partial charge in [-0.2, -0.15) is 0 Å². The third-order valence-electron chi connectivity index (χ3n) is 10.1. The number of carbonyl (C=O) groups is 1. The van der Waals surface area contributed by atoms with Crippen molar-refractivity contribution in [1.29, 1.82) is 0 Å². The van der Waals surface area contributed by atoms with Gasteiger partial charge in [-0.15, -0.1) is 0 Å². The Morgan fingerprint density at radius 2 is 1.25 bits per heavy atom. The van der Waals surface area contributed by atoms with Crippen molar-refractivity contribution in [1.82, 2.24) is 4.98 Å². The fourth-order valence-corrected chi connectivity index (χ4v) is 7.98. The van der Waals surface area contributed by atoms with Gasteiger partial charge in [0.05, 0.1) is 16.9 Å². The van der Waals surface area contributed by atoms with Crippen LogP contribution in [0.15, 0.2) is 146 Å². The first kappa shape index (κ1) is 35.6. The highest BCUT2D eigenvalue weighted by Crippen LogP contribution is 2.48. The molecule has 274 valence electrons. The van der Waals surface area contributed by atoms with E-state index in [2.05, 4.69) is 69.5 Å². The molecule has 7 aromatic rings. The number of nitrogens with zero attached hydrogens (tertiary/aromatic N) is 1. The molecule has 0 fully saturated rings. The summed E-state index contributed by atoms with van der Waals surface area (Å²) in [7, 11) is 0. The molecule has 0 radical (unpaired) electrons. The molecule has 1 aromatic heterocycles. The molecule has 8 rings (SSSR count). The van der Waals surface area contributed by atoms with Crippen molar-refractivity contribution in [3.05, 3.63) is 162 Å². The highest BCUT2D eigenvalue weighted by molar-refractivity contribution is 6.29. The molecule has 1 aliphatic carbocycles. The Balaban J connectivity index is 1.29. The number of fused-ring (bicyclic) bond motifs is 2. The second-order valence-corrected chi connectivity index (χ2v) is 16.0. The summed E-state index contributed by atoms with van der Waals surface area (Å²) < 4.78 is 12.8. The minimum atomic E-state index is -0.0572. The summed E-state index contributed by atoms with van der Waals surface area (Å²) in [5.41, 5.74) is 9.07. The number of pyridine rings is 1. The van der Waals surface area contributed by atoms with Crippen LogP contribution in [0.4, 0.5) is 17.1 Å². The largest absolute Gasteiger partial charge is 0.473 e. The van der Waals surface area contributed by atoms with Crippen LogP contribution >= 0.6 is 0 Å². The summed E-state index contributed by atoms with van der Waals surface area (Å²) >= 11 is 0. The Morgan fingerprint density at radius 3 is 1.96 bits per heavy atom. The smallest absolute Gasteiger partial charge is 0.196 e. The number of hydrogen-bond acceptors (Lipinski definition) is 6. The van der Waals surface area contributed by atoms with Gasteiger partial charge < -0.3 is 20.1 Å². The monoisotopic (exact) mass is 723 g/mol. The van der Waals surface area contributed by atoms with E-state index in [-0.39, 0.29) is 23.3 Å². The van der Waals surface area contributed by atoms with Crippen molar-refractivity contribution in [2.24, 2.45) is 5.41 Å². The van der Waals surface area contributed by atoms with Crippen LogP contribution in [-0.4, -0.2) is 17.5 Å². The molecule has 1 heterocycles. The number of anilines is 3. The first-order chi connectivity index (χ1) is 26.5. The number of benzene rings is 6. The number of ether oxygens (including phenoxy) is 2.